The molecule has 0 bridgehead atoms. The summed E-state index contributed by atoms with van der Waals surface area (Å²) in [5, 5.41) is 20.3. The molecule has 2 nitrogen and oxygen atoms in total. The minimum absolute atomic E-state index is 0.116. The SMILES string of the molecule is C[C@@H](O)C1=CC[C@@H]2[C@H]3CC=C4C[C@@H](O)CC[C@]4(C)[C@@H]3CC[C@@]12C. The number of hydrogen-bond acceptors (Lipinski definition) is 2. The predicted octanol–water partition coefficient (Wildman–Crippen LogP) is 4.23. The molecule has 0 saturated heterocycles. The van der Waals surface area contributed by atoms with Crippen LogP contribution >= 0.6 is 0 Å². The summed E-state index contributed by atoms with van der Waals surface area (Å²) in [6.45, 7) is 6.82. The van der Waals surface area contributed by atoms with Gasteiger partial charge in [-0.3, -0.25) is 0 Å². The van der Waals surface area contributed by atoms with Crippen LogP contribution in [0, 0.1) is 28.6 Å². The molecule has 2 N–H and O–H groups in total. The highest BCUT2D eigenvalue weighted by molar-refractivity contribution is 5.31. The van der Waals surface area contributed by atoms with Crippen molar-refractivity contribution in [3.8, 4) is 0 Å². The van der Waals surface area contributed by atoms with E-state index < -0.39 is 0 Å². The molecule has 7 atom stereocenters. The maximum Gasteiger partial charge on any atom is 0.0727 e. The summed E-state index contributed by atoms with van der Waals surface area (Å²) in [5.74, 6) is 2.23. The number of aliphatic hydroxyl groups excluding tert-OH is 2. The van der Waals surface area contributed by atoms with E-state index in [0.29, 0.717) is 11.3 Å². The first-order valence-corrected chi connectivity index (χ1v) is 9.62. The Balaban J connectivity index is 1.66. The van der Waals surface area contributed by atoms with Gasteiger partial charge in [0, 0.05) is 0 Å². The van der Waals surface area contributed by atoms with Crippen LogP contribution in [0.4, 0.5) is 0 Å². The van der Waals surface area contributed by atoms with Gasteiger partial charge in [-0.05, 0) is 86.0 Å². The van der Waals surface area contributed by atoms with E-state index in [0.717, 1.165) is 37.5 Å². The Morgan fingerprint density at radius 1 is 1.04 bits per heavy atom. The molecular weight excluding hydrogens is 284 g/mol. The second kappa shape index (κ2) is 5.20. The molecule has 4 rings (SSSR count). The van der Waals surface area contributed by atoms with Crippen molar-refractivity contribution in [2.75, 3.05) is 0 Å². The molecule has 2 heteroatoms. The van der Waals surface area contributed by atoms with Gasteiger partial charge in [0.2, 0.25) is 0 Å². The lowest BCUT2D eigenvalue weighted by Crippen LogP contribution is -2.50. The van der Waals surface area contributed by atoms with Crippen LogP contribution in [0.25, 0.3) is 0 Å². The highest BCUT2D eigenvalue weighted by atomic mass is 16.3. The van der Waals surface area contributed by atoms with Crippen LogP contribution in [0.5, 0.6) is 0 Å². The molecule has 0 unspecified atom stereocenters. The molecule has 2 fully saturated rings. The maximum absolute atomic E-state index is 10.2. The summed E-state index contributed by atoms with van der Waals surface area (Å²) in [4.78, 5) is 0. The van der Waals surface area contributed by atoms with E-state index in [9.17, 15) is 10.2 Å². The van der Waals surface area contributed by atoms with Crippen LogP contribution in [0.15, 0.2) is 23.3 Å². The topological polar surface area (TPSA) is 40.5 Å². The second-order valence-corrected chi connectivity index (χ2v) is 9.18. The van der Waals surface area contributed by atoms with E-state index in [-0.39, 0.29) is 17.6 Å². The van der Waals surface area contributed by atoms with Crippen molar-refractivity contribution < 1.29 is 10.2 Å². The van der Waals surface area contributed by atoms with Crippen LogP contribution in [0.3, 0.4) is 0 Å². The molecule has 4 aliphatic carbocycles. The summed E-state index contributed by atoms with van der Waals surface area (Å²) in [7, 11) is 0. The van der Waals surface area contributed by atoms with Gasteiger partial charge < -0.3 is 10.2 Å². The standard InChI is InChI=1S/C21H32O2/c1-13(22)17-6-7-18-16-5-4-14-12-15(23)8-10-20(14,2)19(16)9-11-21(17,18)3/h4,6,13,15-16,18-19,22-23H,5,7-12H2,1-3H3/t13-,15+,16-,18-,19-,20+,21+/m1/s1. The Bertz CT molecular complexity index is 560. The number of fused-ring (bicyclic) bond motifs is 5. The Hall–Kier alpha value is -0.600. The van der Waals surface area contributed by atoms with Crippen LogP contribution in [-0.2, 0) is 0 Å². The molecular formula is C21H32O2. The first-order valence-electron chi connectivity index (χ1n) is 9.62. The zero-order valence-electron chi connectivity index (χ0n) is 14.9. The van der Waals surface area contributed by atoms with Crippen molar-refractivity contribution >= 4 is 0 Å². The summed E-state index contributed by atoms with van der Waals surface area (Å²) >= 11 is 0. The highest BCUT2D eigenvalue weighted by Crippen LogP contribution is 2.65. The van der Waals surface area contributed by atoms with Gasteiger partial charge >= 0.3 is 0 Å². The van der Waals surface area contributed by atoms with Crippen molar-refractivity contribution in [1.82, 2.24) is 0 Å². The molecule has 0 aliphatic heterocycles. The normalized spacial score (nSPS) is 50.3. The van der Waals surface area contributed by atoms with E-state index in [1.165, 1.54) is 24.8 Å². The predicted molar refractivity (Wildman–Crippen MR) is 92.9 cm³/mol. The van der Waals surface area contributed by atoms with Crippen molar-refractivity contribution in [3.63, 3.8) is 0 Å². The molecule has 128 valence electrons. The minimum Gasteiger partial charge on any atom is -0.393 e. The van der Waals surface area contributed by atoms with Gasteiger partial charge in [0.25, 0.3) is 0 Å². The second-order valence-electron chi connectivity index (χ2n) is 9.18. The number of rotatable bonds is 1. The number of hydrogen-bond donors (Lipinski definition) is 2. The third kappa shape index (κ3) is 2.14. The van der Waals surface area contributed by atoms with E-state index in [4.69, 9.17) is 0 Å². The quantitative estimate of drug-likeness (QED) is 0.711. The molecule has 0 amide bonds. The van der Waals surface area contributed by atoms with Gasteiger partial charge in [-0.15, -0.1) is 0 Å². The largest absolute Gasteiger partial charge is 0.393 e. The molecule has 0 heterocycles. The van der Waals surface area contributed by atoms with E-state index in [1.807, 2.05) is 6.92 Å². The Labute approximate surface area is 140 Å². The van der Waals surface area contributed by atoms with Crippen LogP contribution in [0.1, 0.15) is 65.7 Å². The van der Waals surface area contributed by atoms with Gasteiger partial charge in [-0.1, -0.05) is 31.6 Å². The van der Waals surface area contributed by atoms with Gasteiger partial charge in [0.05, 0.1) is 12.2 Å². The van der Waals surface area contributed by atoms with Crippen LogP contribution in [0.2, 0.25) is 0 Å². The first kappa shape index (κ1) is 15.9. The smallest absolute Gasteiger partial charge is 0.0727 e. The monoisotopic (exact) mass is 316 g/mol. The third-order valence-corrected chi connectivity index (χ3v) is 8.17. The molecule has 2 saturated carbocycles. The summed E-state index contributed by atoms with van der Waals surface area (Å²) in [6, 6.07) is 0. The molecule has 23 heavy (non-hydrogen) atoms. The Morgan fingerprint density at radius 3 is 2.52 bits per heavy atom. The minimum atomic E-state index is -0.295. The summed E-state index contributed by atoms with van der Waals surface area (Å²) in [5.41, 5.74) is 3.38. The zero-order chi connectivity index (χ0) is 16.4. The van der Waals surface area contributed by atoms with Crippen LogP contribution in [-0.4, -0.2) is 22.4 Å². The van der Waals surface area contributed by atoms with Gasteiger partial charge in [0.15, 0.2) is 0 Å². The fourth-order valence-corrected chi connectivity index (χ4v) is 6.89. The lowest BCUT2D eigenvalue weighted by atomic mass is 9.47. The maximum atomic E-state index is 10.2. The van der Waals surface area contributed by atoms with Gasteiger partial charge in [-0.2, -0.15) is 0 Å². The van der Waals surface area contributed by atoms with E-state index in [2.05, 4.69) is 26.0 Å². The molecule has 0 aromatic carbocycles. The molecule has 0 radical (unpaired) electrons. The Kier molecular flexibility index (Phi) is 3.59. The average Bonchev–Trinajstić information content (AvgIpc) is 2.85. The first-order chi connectivity index (χ1) is 10.9. The zero-order valence-corrected chi connectivity index (χ0v) is 14.9. The summed E-state index contributed by atoms with van der Waals surface area (Å²) in [6.07, 6.45) is 12.3. The van der Waals surface area contributed by atoms with Crippen molar-refractivity contribution in [2.24, 2.45) is 28.6 Å². The number of aliphatic hydroxyl groups is 2. The lowest BCUT2D eigenvalue weighted by Gasteiger charge is -2.58. The Morgan fingerprint density at radius 2 is 1.78 bits per heavy atom. The molecule has 0 aromatic rings. The van der Waals surface area contributed by atoms with Gasteiger partial charge in [0.1, 0.15) is 0 Å². The number of allylic oxidation sites excluding steroid dienone is 2. The molecule has 0 aromatic heterocycles. The van der Waals surface area contributed by atoms with Crippen molar-refractivity contribution in [2.45, 2.75) is 77.9 Å². The molecule has 4 aliphatic rings. The van der Waals surface area contributed by atoms with E-state index in [1.54, 1.807) is 5.57 Å². The highest BCUT2D eigenvalue weighted by Gasteiger charge is 2.56. The molecule has 0 spiro atoms. The van der Waals surface area contributed by atoms with Crippen LogP contribution < -0.4 is 0 Å². The third-order valence-electron chi connectivity index (χ3n) is 8.17. The lowest BCUT2D eigenvalue weighted by molar-refractivity contribution is -0.0339. The van der Waals surface area contributed by atoms with E-state index >= 15 is 0 Å². The van der Waals surface area contributed by atoms with Crippen molar-refractivity contribution in [1.29, 1.82) is 0 Å². The fraction of sp³-hybridized carbons (Fsp3) is 0.810. The fourth-order valence-electron chi connectivity index (χ4n) is 6.89. The van der Waals surface area contributed by atoms with Gasteiger partial charge in [-0.25, -0.2) is 0 Å². The average molecular weight is 316 g/mol. The summed E-state index contributed by atoms with van der Waals surface area (Å²) < 4.78 is 0. The van der Waals surface area contributed by atoms with Crippen molar-refractivity contribution in [3.05, 3.63) is 23.3 Å².